The first-order valence-electron chi connectivity index (χ1n) is 6.01. The van der Waals surface area contributed by atoms with E-state index >= 15 is 0 Å². The summed E-state index contributed by atoms with van der Waals surface area (Å²) in [6, 6.07) is 7.36. The highest BCUT2D eigenvalue weighted by molar-refractivity contribution is 7.49. The molecule has 2 atom stereocenters. The van der Waals surface area contributed by atoms with E-state index in [1.54, 1.807) is 6.07 Å². The van der Waals surface area contributed by atoms with Crippen LogP contribution in [-0.4, -0.2) is 12.7 Å². The van der Waals surface area contributed by atoms with Crippen LogP contribution in [-0.2, 0) is 13.6 Å². The summed E-state index contributed by atoms with van der Waals surface area (Å²) in [4.78, 5) is 0. The number of para-hydroxylation sites is 1. The number of aryl methyl sites for hydroxylation is 1. The predicted octanol–water partition coefficient (Wildman–Crippen LogP) is 3.94. The van der Waals surface area contributed by atoms with Crippen molar-refractivity contribution in [2.75, 3.05) is 6.61 Å². The summed E-state index contributed by atoms with van der Waals surface area (Å²) in [7, 11) is -3.50. The molecule has 100 valence electrons. The first kappa shape index (κ1) is 13.6. The van der Waals surface area contributed by atoms with Crippen LogP contribution >= 0.6 is 7.82 Å². The van der Waals surface area contributed by atoms with E-state index in [1.807, 2.05) is 45.9 Å². The van der Waals surface area contributed by atoms with Crippen LogP contribution < -0.4 is 4.52 Å². The zero-order valence-corrected chi connectivity index (χ0v) is 12.1. The molecule has 1 heterocycles. The fourth-order valence-corrected chi connectivity index (χ4v) is 3.32. The molecule has 0 aromatic heterocycles. The molecule has 1 aliphatic heterocycles. The van der Waals surface area contributed by atoms with Gasteiger partial charge < -0.3 is 4.52 Å². The summed E-state index contributed by atoms with van der Waals surface area (Å²) in [5.74, 6) is 0.535. The Morgan fingerprint density at radius 2 is 2.06 bits per heavy atom. The quantitative estimate of drug-likeness (QED) is 0.763. The average Bonchev–Trinajstić information content (AvgIpc) is 2.28. The second kappa shape index (κ2) is 4.69. The lowest BCUT2D eigenvalue weighted by Crippen LogP contribution is -2.38. The minimum atomic E-state index is -3.50. The van der Waals surface area contributed by atoms with Gasteiger partial charge in [-0.05, 0) is 25.5 Å². The largest absolute Gasteiger partial charge is 0.530 e. The number of hydrogen-bond acceptors (Lipinski definition) is 4. The number of phosphoric acid groups is 1. The Morgan fingerprint density at radius 3 is 2.67 bits per heavy atom. The van der Waals surface area contributed by atoms with Gasteiger partial charge in [0.2, 0.25) is 0 Å². The molecule has 0 saturated carbocycles. The maximum Gasteiger partial charge on any atom is 0.530 e. The maximum absolute atomic E-state index is 12.4. The van der Waals surface area contributed by atoms with Crippen LogP contribution in [0.15, 0.2) is 24.3 Å². The van der Waals surface area contributed by atoms with Gasteiger partial charge in [0.1, 0.15) is 5.75 Å². The molecule has 1 aromatic rings. The van der Waals surface area contributed by atoms with Crippen LogP contribution in [0, 0.1) is 12.3 Å². The van der Waals surface area contributed by atoms with Crippen molar-refractivity contribution in [3.63, 3.8) is 0 Å². The van der Waals surface area contributed by atoms with E-state index in [9.17, 15) is 4.57 Å². The van der Waals surface area contributed by atoms with Gasteiger partial charge in [-0.15, -0.1) is 0 Å². The minimum Gasteiger partial charge on any atom is -0.404 e. The lowest BCUT2D eigenvalue weighted by molar-refractivity contribution is -0.0332. The van der Waals surface area contributed by atoms with Crippen molar-refractivity contribution in [1.29, 1.82) is 0 Å². The van der Waals surface area contributed by atoms with Crippen molar-refractivity contribution >= 4 is 7.82 Å². The van der Waals surface area contributed by atoms with E-state index in [-0.39, 0.29) is 11.5 Å². The van der Waals surface area contributed by atoms with Crippen molar-refractivity contribution in [2.45, 2.75) is 33.8 Å². The minimum absolute atomic E-state index is 0.164. The Labute approximate surface area is 108 Å². The molecule has 5 heteroatoms. The molecule has 2 unspecified atom stereocenters. The van der Waals surface area contributed by atoms with E-state index in [4.69, 9.17) is 13.6 Å². The van der Waals surface area contributed by atoms with Crippen molar-refractivity contribution in [1.82, 2.24) is 0 Å². The fourth-order valence-electron chi connectivity index (χ4n) is 1.56. The van der Waals surface area contributed by atoms with E-state index < -0.39 is 7.82 Å². The average molecular weight is 270 g/mol. The molecule has 2 rings (SSSR count). The van der Waals surface area contributed by atoms with Gasteiger partial charge in [0, 0.05) is 5.41 Å². The Bertz CT molecular complexity index is 484. The monoisotopic (exact) mass is 270 g/mol. The molecule has 1 aliphatic rings. The summed E-state index contributed by atoms with van der Waals surface area (Å²) in [5.41, 5.74) is 0.737. The molecule has 1 aromatic carbocycles. The van der Waals surface area contributed by atoms with Crippen LogP contribution in [0.1, 0.15) is 26.3 Å². The van der Waals surface area contributed by atoms with Crippen LogP contribution in [0.3, 0.4) is 0 Å². The highest BCUT2D eigenvalue weighted by Gasteiger charge is 2.44. The highest BCUT2D eigenvalue weighted by Crippen LogP contribution is 2.56. The third-order valence-electron chi connectivity index (χ3n) is 3.29. The lowest BCUT2D eigenvalue weighted by atomic mass is 9.89. The van der Waals surface area contributed by atoms with Gasteiger partial charge in [0.15, 0.2) is 0 Å². The molecular weight excluding hydrogens is 251 g/mol. The fraction of sp³-hybridized carbons (Fsp3) is 0.538. The van der Waals surface area contributed by atoms with Crippen molar-refractivity contribution in [2.24, 2.45) is 5.41 Å². The molecule has 0 spiro atoms. The van der Waals surface area contributed by atoms with Crippen LogP contribution in [0.4, 0.5) is 0 Å². The molecular formula is C13H19O4P. The summed E-state index contributed by atoms with van der Waals surface area (Å²) < 4.78 is 28.6. The van der Waals surface area contributed by atoms with Gasteiger partial charge in [-0.3, -0.25) is 9.05 Å². The maximum atomic E-state index is 12.4. The summed E-state index contributed by atoms with van der Waals surface area (Å²) in [6.45, 7) is 8.15. The third-order valence-corrected chi connectivity index (χ3v) is 4.73. The zero-order chi connectivity index (χ0) is 13.4. The smallest absolute Gasteiger partial charge is 0.404 e. The van der Waals surface area contributed by atoms with E-state index in [0.29, 0.717) is 12.4 Å². The summed E-state index contributed by atoms with van der Waals surface area (Å²) in [5, 5.41) is 0. The number of hydrogen-bond donors (Lipinski definition) is 0. The van der Waals surface area contributed by atoms with Gasteiger partial charge >= 0.3 is 7.82 Å². The molecule has 4 nitrogen and oxygen atoms in total. The predicted molar refractivity (Wildman–Crippen MR) is 69.7 cm³/mol. The lowest BCUT2D eigenvalue weighted by Gasteiger charge is -2.38. The topological polar surface area (TPSA) is 44.8 Å². The van der Waals surface area contributed by atoms with Crippen molar-refractivity contribution < 1.29 is 18.1 Å². The van der Waals surface area contributed by atoms with Crippen LogP contribution in [0.5, 0.6) is 5.75 Å². The molecule has 1 saturated heterocycles. The molecule has 0 N–H and O–H groups in total. The Kier molecular flexibility index (Phi) is 3.54. The molecule has 0 aliphatic carbocycles. The summed E-state index contributed by atoms with van der Waals surface area (Å²) in [6.07, 6.45) is -0.180. The molecule has 0 bridgehead atoms. The Hall–Kier alpha value is -0.830. The normalized spacial score (nSPS) is 31.0. The van der Waals surface area contributed by atoms with Crippen LogP contribution in [0.25, 0.3) is 0 Å². The highest BCUT2D eigenvalue weighted by atomic mass is 31.2. The second-order valence-electron chi connectivity index (χ2n) is 5.31. The van der Waals surface area contributed by atoms with Gasteiger partial charge in [0.05, 0.1) is 12.7 Å². The zero-order valence-electron chi connectivity index (χ0n) is 11.2. The number of benzene rings is 1. The Balaban J connectivity index is 2.15. The van der Waals surface area contributed by atoms with Crippen molar-refractivity contribution in [3.05, 3.63) is 29.8 Å². The molecule has 18 heavy (non-hydrogen) atoms. The standard InChI is InChI=1S/C13H19O4P/c1-10-7-5-6-8-12(10)17-18(14)15-9-13(3,4)11(2)16-18/h5-8,11H,9H2,1-4H3. The van der Waals surface area contributed by atoms with E-state index in [2.05, 4.69) is 0 Å². The van der Waals surface area contributed by atoms with Crippen LogP contribution in [0.2, 0.25) is 0 Å². The molecule has 0 radical (unpaired) electrons. The van der Waals surface area contributed by atoms with Gasteiger partial charge in [-0.2, -0.15) is 0 Å². The first-order chi connectivity index (χ1) is 8.32. The third kappa shape index (κ3) is 2.77. The van der Waals surface area contributed by atoms with Gasteiger partial charge in [-0.25, -0.2) is 4.57 Å². The van der Waals surface area contributed by atoms with Crippen molar-refractivity contribution in [3.8, 4) is 5.75 Å². The van der Waals surface area contributed by atoms with E-state index in [1.165, 1.54) is 0 Å². The first-order valence-corrected chi connectivity index (χ1v) is 7.47. The molecule has 0 amide bonds. The van der Waals surface area contributed by atoms with Gasteiger partial charge in [0.25, 0.3) is 0 Å². The SMILES string of the molecule is Cc1ccccc1OP1(=O)OCC(C)(C)C(C)O1. The van der Waals surface area contributed by atoms with Gasteiger partial charge in [-0.1, -0.05) is 32.0 Å². The Morgan fingerprint density at radius 1 is 1.39 bits per heavy atom. The summed E-state index contributed by atoms with van der Waals surface area (Å²) >= 11 is 0. The number of rotatable bonds is 2. The molecule has 1 fully saturated rings. The van der Waals surface area contributed by atoms with E-state index in [0.717, 1.165) is 5.56 Å². The number of phosphoric ester groups is 1. The second-order valence-corrected chi connectivity index (χ2v) is 6.86.